The fraction of sp³-hybridized carbons (Fsp3) is 1.00. The van der Waals surface area contributed by atoms with E-state index in [0.717, 1.165) is 13.2 Å². The number of nitrogens with one attached hydrogen (secondary N) is 1. The van der Waals surface area contributed by atoms with Crippen LogP contribution in [0.4, 0.5) is 0 Å². The zero-order valence-corrected chi connectivity index (χ0v) is 5.11. The SMILES string of the molecule is C[C@]12COC(CN1)C2. The number of ether oxygens (including phenoxy) is 1. The third-order valence-corrected chi connectivity index (χ3v) is 2.07. The van der Waals surface area contributed by atoms with Crippen LogP contribution >= 0.6 is 0 Å². The average Bonchev–Trinajstić information content (AvgIpc) is 2.21. The van der Waals surface area contributed by atoms with Gasteiger partial charge in [0.2, 0.25) is 0 Å². The molecule has 0 aliphatic carbocycles. The number of fused-ring (bicyclic) bond motifs is 2. The highest BCUT2D eigenvalue weighted by atomic mass is 16.5. The second-order valence-corrected chi connectivity index (χ2v) is 3.08. The summed E-state index contributed by atoms with van der Waals surface area (Å²) >= 11 is 0. The minimum atomic E-state index is 0.338. The molecule has 0 radical (unpaired) electrons. The zero-order chi connectivity index (χ0) is 5.61. The Balaban J connectivity index is 2.19. The molecule has 2 atom stereocenters. The molecule has 0 spiro atoms. The van der Waals surface area contributed by atoms with E-state index in [0.29, 0.717) is 11.6 Å². The van der Waals surface area contributed by atoms with Gasteiger partial charge in [0.25, 0.3) is 0 Å². The molecule has 0 saturated carbocycles. The maximum Gasteiger partial charge on any atom is 0.0718 e. The summed E-state index contributed by atoms with van der Waals surface area (Å²) in [6.45, 7) is 4.20. The van der Waals surface area contributed by atoms with Gasteiger partial charge in [0.1, 0.15) is 0 Å². The normalized spacial score (nSPS) is 52.9. The molecule has 0 aromatic heterocycles. The third kappa shape index (κ3) is 0.501. The molecular formula is C6H11NO. The summed E-state index contributed by atoms with van der Waals surface area (Å²) < 4.78 is 5.39. The number of morpholine rings is 1. The Bertz CT molecular complexity index is 105. The van der Waals surface area contributed by atoms with Crippen molar-refractivity contribution in [3.63, 3.8) is 0 Å². The molecule has 2 heteroatoms. The van der Waals surface area contributed by atoms with Crippen LogP contribution in [0.3, 0.4) is 0 Å². The molecule has 2 bridgehead atoms. The number of rotatable bonds is 0. The van der Waals surface area contributed by atoms with Crippen LogP contribution in [-0.4, -0.2) is 24.8 Å². The van der Waals surface area contributed by atoms with Gasteiger partial charge in [-0.1, -0.05) is 0 Å². The lowest BCUT2D eigenvalue weighted by Crippen LogP contribution is -2.41. The van der Waals surface area contributed by atoms with Crippen LogP contribution in [0.15, 0.2) is 0 Å². The van der Waals surface area contributed by atoms with Crippen molar-refractivity contribution in [1.29, 1.82) is 0 Å². The van der Waals surface area contributed by atoms with Crippen LogP contribution < -0.4 is 5.32 Å². The monoisotopic (exact) mass is 113 g/mol. The Morgan fingerprint density at radius 3 is 2.75 bits per heavy atom. The standard InChI is InChI=1S/C6H11NO/c1-6-2-5(3-7-6)8-4-6/h5,7H,2-4H2,1H3/t5?,6-/m0/s1. The lowest BCUT2D eigenvalue weighted by atomic mass is 10.0. The summed E-state index contributed by atoms with van der Waals surface area (Å²) in [7, 11) is 0. The van der Waals surface area contributed by atoms with Crippen LogP contribution in [-0.2, 0) is 4.74 Å². The molecule has 2 rings (SSSR count). The molecule has 0 aromatic carbocycles. The van der Waals surface area contributed by atoms with Crippen molar-refractivity contribution < 1.29 is 4.74 Å². The predicted octanol–water partition coefficient (Wildman–Crippen LogP) is 0.137. The van der Waals surface area contributed by atoms with Crippen molar-refractivity contribution in [2.75, 3.05) is 13.2 Å². The molecule has 0 amide bonds. The van der Waals surface area contributed by atoms with E-state index in [1.54, 1.807) is 0 Å². The molecule has 2 heterocycles. The smallest absolute Gasteiger partial charge is 0.0718 e. The summed E-state index contributed by atoms with van der Waals surface area (Å²) in [6.07, 6.45) is 1.74. The topological polar surface area (TPSA) is 21.3 Å². The number of hydrogen-bond donors (Lipinski definition) is 1. The minimum absolute atomic E-state index is 0.338. The first-order chi connectivity index (χ1) is 3.79. The molecule has 1 N–H and O–H groups in total. The highest BCUT2D eigenvalue weighted by molar-refractivity contribution is 4.99. The third-order valence-electron chi connectivity index (χ3n) is 2.07. The average molecular weight is 113 g/mol. The van der Waals surface area contributed by atoms with E-state index >= 15 is 0 Å². The maximum atomic E-state index is 5.39. The summed E-state index contributed by atoms with van der Waals surface area (Å²) in [5, 5.41) is 3.41. The first kappa shape index (κ1) is 4.77. The summed E-state index contributed by atoms with van der Waals surface area (Å²) in [5.41, 5.74) is 0.338. The Kier molecular flexibility index (Phi) is 0.746. The Hall–Kier alpha value is -0.0800. The van der Waals surface area contributed by atoms with Gasteiger partial charge in [-0.05, 0) is 13.3 Å². The van der Waals surface area contributed by atoms with Gasteiger partial charge < -0.3 is 10.1 Å². The largest absolute Gasteiger partial charge is 0.375 e. The molecular weight excluding hydrogens is 102 g/mol. The van der Waals surface area contributed by atoms with Crippen LogP contribution in [0.1, 0.15) is 13.3 Å². The van der Waals surface area contributed by atoms with Crippen molar-refractivity contribution in [1.82, 2.24) is 5.32 Å². The van der Waals surface area contributed by atoms with Gasteiger partial charge >= 0.3 is 0 Å². The van der Waals surface area contributed by atoms with E-state index < -0.39 is 0 Å². The van der Waals surface area contributed by atoms with E-state index in [1.807, 2.05) is 0 Å². The Morgan fingerprint density at radius 2 is 2.62 bits per heavy atom. The van der Waals surface area contributed by atoms with Crippen molar-refractivity contribution in [2.24, 2.45) is 0 Å². The first-order valence-electron chi connectivity index (χ1n) is 3.15. The lowest BCUT2D eigenvalue weighted by molar-refractivity contribution is 0.0738. The van der Waals surface area contributed by atoms with Crippen molar-refractivity contribution in [3.05, 3.63) is 0 Å². The zero-order valence-electron chi connectivity index (χ0n) is 5.11. The van der Waals surface area contributed by atoms with Gasteiger partial charge in [0.15, 0.2) is 0 Å². The van der Waals surface area contributed by atoms with Gasteiger partial charge in [-0.15, -0.1) is 0 Å². The fourth-order valence-electron chi connectivity index (χ4n) is 1.54. The van der Waals surface area contributed by atoms with Crippen LogP contribution in [0.5, 0.6) is 0 Å². The van der Waals surface area contributed by atoms with E-state index in [1.165, 1.54) is 6.42 Å². The van der Waals surface area contributed by atoms with Gasteiger partial charge in [0.05, 0.1) is 12.7 Å². The first-order valence-corrected chi connectivity index (χ1v) is 3.15. The molecule has 2 nitrogen and oxygen atoms in total. The molecule has 8 heavy (non-hydrogen) atoms. The van der Waals surface area contributed by atoms with Gasteiger partial charge in [0, 0.05) is 12.1 Å². The Morgan fingerprint density at radius 1 is 1.75 bits per heavy atom. The van der Waals surface area contributed by atoms with Crippen LogP contribution in [0, 0.1) is 0 Å². The van der Waals surface area contributed by atoms with Crippen molar-refractivity contribution in [3.8, 4) is 0 Å². The number of hydrogen-bond acceptors (Lipinski definition) is 2. The second-order valence-electron chi connectivity index (χ2n) is 3.08. The van der Waals surface area contributed by atoms with Gasteiger partial charge in [-0.2, -0.15) is 0 Å². The summed E-state index contributed by atoms with van der Waals surface area (Å²) in [4.78, 5) is 0. The van der Waals surface area contributed by atoms with E-state index in [-0.39, 0.29) is 0 Å². The Labute approximate surface area is 49.2 Å². The maximum absolute atomic E-state index is 5.39. The van der Waals surface area contributed by atoms with E-state index in [4.69, 9.17) is 4.74 Å². The lowest BCUT2D eigenvalue weighted by Gasteiger charge is -2.20. The van der Waals surface area contributed by atoms with Crippen LogP contribution in [0.2, 0.25) is 0 Å². The molecule has 2 saturated heterocycles. The molecule has 0 aromatic rings. The molecule has 2 fully saturated rings. The van der Waals surface area contributed by atoms with Gasteiger partial charge in [-0.3, -0.25) is 0 Å². The van der Waals surface area contributed by atoms with Crippen molar-refractivity contribution >= 4 is 0 Å². The highest BCUT2D eigenvalue weighted by Gasteiger charge is 2.41. The van der Waals surface area contributed by atoms with E-state index in [9.17, 15) is 0 Å². The molecule has 1 unspecified atom stereocenters. The molecule has 46 valence electrons. The summed E-state index contributed by atoms with van der Waals surface area (Å²) in [6, 6.07) is 0. The quantitative estimate of drug-likeness (QED) is 0.482. The fourth-order valence-corrected chi connectivity index (χ4v) is 1.54. The summed E-state index contributed by atoms with van der Waals surface area (Å²) in [5.74, 6) is 0. The highest BCUT2D eigenvalue weighted by Crippen LogP contribution is 2.28. The second kappa shape index (κ2) is 1.25. The van der Waals surface area contributed by atoms with E-state index in [2.05, 4.69) is 12.2 Å². The minimum Gasteiger partial charge on any atom is -0.375 e. The van der Waals surface area contributed by atoms with Gasteiger partial charge in [-0.25, -0.2) is 0 Å². The van der Waals surface area contributed by atoms with Crippen molar-refractivity contribution in [2.45, 2.75) is 25.0 Å². The predicted molar refractivity (Wildman–Crippen MR) is 30.8 cm³/mol. The molecule has 2 aliphatic rings. The molecule has 2 aliphatic heterocycles. The van der Waals surface area contributed by atoms with Crippen LogP contribution in [0.25, 0.3) is 0 Å².